The van der Waals surface area contributed by atoms with Crippen LogP contribution in [0.2, 0.25) is 5.15 Å². The van der Waals surface area contributed by atoms with E-state index in [1.807, 2.05) is 6.07 Å². The highest BCUT2D eigenvalue weighted by Gasteiger charge is 2.28. The zero-order valence-corrected chi connectivity index (χ0v) is 11.5. The first kappa shape index (κ1) is 12.8. The van der Waals surface area contributed by atoms with Crippen LogP contribution in [0.15, 0.2) is 41.9 Å². The molecule has 0 bridgehead atoms. The monoisotopic (exact) mass is 306 g/mol. The summed E-state index contributed by atoms with van der Waals surface area (Å²) in [5.41, 5.74) is 0.653. The Morgan fingerprint density at radius 3 is 2.65 bits per heavy atom. The average Bonchev–Trinajstić information content (AvgIpc) is 3.06. The third kappa shape index (κ3) is 2.06. The van der Waals surface area contributed by atoms with Crippen LogP contribution >= 0.6 is 22.9 Å². The number of aromatic nitrogens is 3. The van der Waals surface area contributed by atoms with Crippen LogP contribution < -0.4 is 0 Å². The summed E-state index contributed by atoms with van der Waals surface area (Å²) in [6.45, 7) is 0. The Hall–Kier alpha value is -2.25. The fourth-order valence-corrected chi connectivity index (χ4v) is 2.71. The fraction of sp³-hybridized carbons (Fsp3) is 0. The number of thiazole rings is 1. The molecule has 100 valence electrons. The van der Waals surface area contributed by atoms with Crippen molar-refractivity contribution in [3.63, 3.8) is 0 Å². The van der Waals surface area contributed by atoms with Crippen molar-refractivity contribution >= 4 is 28.6 Å². The minimum atomic E-state index is -0.526. The Morgan fingerprint density at radius 1 is 1.30 bits per heavy atom. The van der Waals surface area contributed by atoms with Gasteiger partial charge in [0.15, 0.2) is 5.69 Å². The minimum Gasteiger partial charge on any atom is -0.258 e. The second-order valence-corrected chi connectivity index (χ2v) is 5.07. The number of hydrogen-bond donors (Lipinski definition) is 0. The Balaban J connectivity index is 2.25. The van der Waals surface area contributed by atoms with E-state index < -0.39 is 4.92 Å². The molecule has 0 spiro atoms. The third-order valence-electron chi connectivity index (χ3n) is 2.64. The van der Waals surface area contributed by atoms with E-state index >= 15 is 0 Å². The Labute approximate surface area is 122 Å². The Kier molecular flexibility index (Phi) is 3.21. The summed E-state index contributed by atoms with van der Waals surface area (Å²) in [5, 5.41) is 17.7. The lowest BCUT2D eigenvalue weighted by Crippen LogP contribution is -1.95. The molecule has 0 radical (unpaired) electrons. The van der Waals surface area contributed by atoms with Gasteiger partial charge in [0.2, 0.25) is 10.3 Å². The van der Waals surface area contributed by atoms with Crippen LogP contribution in [0.5, 0.6) is 0 Å². The van der Waals surface area contributed by atoms with Crippen LogP contribution in [0.25, 0.3) is 16.4 Å². The SMILES string of the molecule is O=[N+]([O-])c1c(-c2ccccc2)nn(-c2nccs2)c1Cl. The van der Waals surface area contributed by atoms with E-state index in [0.29, 0.717) is 10.7 Å². The van der Waals surface area contributed by atoms with Crippen LogP contribution in [-0.4, -0.2) is 19.7 Å². The van der Waals surface area contributed by atoms with E-state index in [4.69, 9.17) is 11.6 Å². The largest absolute Gasteiger partial charge is 0.334 e. The molecule has 0 fully saturated rings. The van der Waals surface area contributed by atoms with Crippen LogP contribution in [0.1, 0.15) is 0 Å². The number of benzene rings is 1. The van der Waals surface area contributed by atoms with Crippen molar-refractivity contribution in [2.24, 2.45) is 0 Å². The summed E-state index contributed by atoms with van der Waals surface area (Å²) in [5.74, 6) is 0. The van der Waals surface area contributed by atoms with Gasteiger partial charge in [-0.3, -0.25) is 10.1 Å². The van der Waals surface area contributed by atoms with Crippen LogP contribution in [0, 0.1) is 10.1 Å². The van der Waals surface area contributed by atoms with Crippen molar-refractivity contribution in [3.05, 3.63) is 57.2 Å². The van der Waals surface area contributed by atoms with Gasteiger partial charge in [-0.25, -0.2) is 4.98 Å². The highest BCUT2D eigenvalue weighted by molar-refractivity contribution is 7.12. The zero-order chi connectivity index (χ0) is 14.1. The topological polar surface area (TPSA) is 73.8 Å². The lowest BCUT2D eigenvalue weighted by Gasteiger charge is -1.95. The number of rotatable bonds is 3. The molecule has 3 aromatic rings. The van der Waals surface area contributed by atoms with E-state index in [0.717, 1.165) is 0 Å². The van der Waals surface area contributed by atoms with Gasteiger partial charge in [-0.1, -0.05) is 41.9 Å². The Bertz CT molecular complexity index is 755. The van der Waals surface area contributed by atoms with Gasteiger partial charge in [-0.15, -0.1) is 11.3 Å². The predicted octanol–water partition coefficient (Wildman–Crippen LogP) is 3.56. The maximum absolute atomic E-state index is 11.2. The van der Waals surface area contributed by atoms with Gasteiger partial charge >= 0.3 is 5.69 Å². The van der Waals surface area contributed by atoms with E-state index in [-0.39, 0.29) is 16.5 Å². The molecule has 0 aliphatic carbocycles. The third-order valence-corrected chi connectivity index (χ3v) is 3.72. The summed E-state index contributed by atoms with van der Waals surface area (Å²) >= 11 is 7.39. The molecular weight excluding hydrogens is 300 g/mol. The first-order valence-electron chi connectivity index (χ1n) is 5.56. The average molecular weight is 307 g/mol. The molecule has 0 aliphatic rings. The van der Waals surface area contributed by atoms with Gasteiger partial charge in [-0.05, 0) is 0 Å². The number of hydrogen-bond acceptors (Lipinski definition) is 5. The first-order chi connectivity index (χ1) is 9.68. The molecule has 0 saturated heterocycles. The van der Waals surface area contributed by atoms with Crippen molar-refractivity contribution in [2.75, 3.05) is 0 Å². The van der Waals surface area contributed by atoms with Gasteiger partial charge in [0.05, 0.1) is 4.92 Å². The normalized spacial score (nSPS) is 10.7. The van der Waals surface area contributed by atoms with Crippen molar-refractivity contribution < 1.29 is 4.92 Å². The van der Waals surface area contributed by atoms with Crippen molar-refractivity contribution in [1.82, 2.24) is 14.8 Å². The maximum Gasteiger partial charge on any atom is 0.334 e. The smallest absolute Gasteiger partial charge is 0.258 e. The van der Waals surface area contributed by atoms with E-state index in [1.165, 1.54) is 16.0 Å². The number of nitro groups is 1. The predicted molar refractivity (Wildman–Crippen MR) is 76.3 cm³/mol. The number of halogens is 1. The molecule has 0 unspecified atom stereocenters. The minimum absolute atomic E-state index is 0.0520. The van der Waals surface area contributed by atoms with Crippen molar-refractivity contribution in [3.8, 4) is 16.4 Å². The quantitative estimate of drug-likeness (QED) is 0.548. The molecule has 2 aromatic heterocycles. The molecule has 1 aromatic carbocycles. The van der Waals surface area contributed by atoms with Gasteiger partial charge < -0.3 is 0 Å². The standard InChI is InChI=1S/C12H7ClN4O2S/c13-11-10(17(18)19)9(8-4-2-1-3-5-8)15-16(11)12-14-6-7-20-12/h1-7H. The summed E-state index contributed by atoms with van der Waals surface area (Å²) in [7, 11) is 0. The fourth-order valence-electron chi connectivity index (χ4n) is 1.79. The van der Waals surface area contributed by atoms with Crippen LogP contribution in [0.4, 0.5) is 5.69 Å². The van der Waals surface area contributed by atoms with Gasteiger partial charge in [0.1, 0.15) is 0 Å². The Morgan fingerprint density at radius 2 is 2.05 bits per heavy atom. The molecule has 0 atom stereocenters. The molecule has 0 saturated carbocycles. The van der Waals surface area contributed by atoms with Gasteiger partial charge in [0.25, 0.3) is 0 Å². The molecule has 3 rings (SSSR count). The molecule has 0 amide bonds. The number of nitrogens with zero attached hydrogens (tertiary/aromatic N) is 4. The molecule has 2 heterocycles. The lowest BCUT2D eigenvalue weighted by atomic mass is 10.1. The highest BCUT2D eigenvalue weighted by Crippen LogP contribution is 2.37. The van der Waals surface area contributed by atoms with Gasteiger partial charge in [0, 0.05) is 17.1 Å². The molecular formula is C12H7ClN4O2S. The summed E-state index contributed by atoms with van der Waals surface area (Å²) in [6, 6.07) is 8.90. The molecule has 8 heteroatoms. The molecule has 0 aliphatic heterocycles. The van der Waals surface area contributed by atoms with E-state index in [2.05, 4.69) is 10.1 Å². The lowest BCUT2D eigenvalue weighted by molar-refractivity contribution is -0.384. The van der Waals surface area contributed by atoms with E-state index in [9.17, 15) is 10.1 Å². The second-order valence-electron chi connectivity index (χ2n) is 3.84. The first-order valence-corrected chi connectivity index (χ1v) is 6.82. The van der Waals surface area contributed by atoms with Crippen molar-refractivity contribution in [1.29, 1.82) is 0 Å². The van der Waals surface area contributed by atoms with Gasteiger partial charge in [-0.2, -0.15) is 9.78 Å². The zero-order valence-electron chi connectivity index (χ0n) is 9.93. The molecule has 20 heavy (non-hydrogen) atoms. The second kappa shape index (κ2) is 5.03. The molecule has 0 N–H and O–H groups in total. The van der Waals surface area contributed by atoms with E-state index in [1.54, 1.807) is 35.8 Å². The van der Waals surface area contributed by atoms with Crippen LogP contribution in [-0.2, 0) is 0 Å². The maximum atomic E-state index is 11.2. The summed E-state index contributed by atoms with van der Waals surface area (Å²) in [4.78, 5) is 14.8. The van der Waals surface area contributed by atoms with Crippen LogP contribution in [0.3, 0.4) is 0 Å². The van der Waals surface area contributed by atoms with Crippen molar-refractivity contribution in [2.45, 2.75) is 0 Å². The summed E-state index contributed by atoms with van der Waals surface area (Å²) in [6.07, 6.45) is 1.59. The molecule has 6 nitrogen and oxygen atoms in total. The highest BCUT2D eigenvalue weighted by atomic mass is 35.5. The summed E-state index contributed by atoms with van der Waals surface area (Å²) < 4.78 is 1.28.